The molecule has 0 aliphatic rings. The highest BCUT2D eigenvalue weighted by atomic mass is 35.5. The first kappa shape index (κ1) is 20.1. The van der Waals surface area contributed by atoms with E-state index in [0.717, 1.165) is 11.3 Å². The summed E-state index contributed by atoms with van der Waals surface area (Å²) in [5, 5.41) is 3.78. The van der Waals surface area contributed by atoms with Crippen molar-refractivity contribution in [3.63, 3.8) is 0 Å². The Kier molecular flexibility index (Phi) is 6.89. The third-order valence-corrected chi connectivity index (χ3v) is 4.36. The topological polar surface area (TPSA) is 58.6 Å². The van der Waals surface area contributed by atoms with Crippen LogP contribution in [0, 0.1) is 6.92 Å². The molecule has 0 saturated heterocycles. The zero-order chi connectivity index (χ0) is 19.3. The van der Waals surface area contributed by atoms with Crippen molar-refractivity contribution in [2.45, 2.75) is 20.3 Å². The van der Waals surface area contributed by atoms with Crippen LogP contribution in [0.3, 0.4) is 0 Å². The largest absolute Gasteiger partial charge is 0.495 e. The third-order valence-electron chi connectivity index (χ3n) is 3.83. The van der Waals surface area contributed by atoms with Crippen LogP contribution in [0.5, 0.6) is 5.75 Å². The van der Waals surface area contributed by atoms with Gasteiger partial charge in [0.05, 0.1) is 12.1 Å². The number of rotatable bonds is 6. The fourth-order valence-electron chi connectivity index (χ4n) is 2.55. The second-order valence-electron chi connectivity index (χ2n) is 5.75. The van der Waals surface area contributed by atoms with E-state index in [1.54, 1.807) is 41.3 Å². The number of carbonyl (C=O) groups excluding carboxylic acids is 2. The summed E-state index contributed by atoms with van der Waals surface area (Å²) >= 11 is 12.0. The first-order valence-corrected chi connectivity index (χ1v) is 8.75. The minimum absolute atomic E-state index is 0.143. The van der Waals surface area contributed by atoms with E-state index >= 15 is 0 Å². The van der Waals surface area contributed by atoms with Crippen LogP contribution in [0.25, 0.3) is 0 Å². The van der Waals surface area contributed by atoms with E-state index in [1.165, 1.54) is 14.0 Å². The fourth-order valence-corrected chi connectivity index (χ4v) is 3.03. The van der Waals surface area contributed by atoms with Crippen LogP contribution in [0.1, 0.15) is 18.9 Å². The Morgan fingerprint density at radius 3 is 2.46 bits per heavy atom. The molecule has 2 aromatic rings. The average Bonchev–Trinajstić information content (AvgIpc) is 2.56. The Balaban J connectivity index is 2.03. The highest BCUT2D eigenvalue weighted by molar-refractivity contribution is 6.32. The van der Waals surface area contributed by atoms with Gasteiger partial charge in [0.15, 0.2) is 0 Å². The molecule has 0 spiro atoms. The number of benzene rings is 2. The van der Waals surface area contributed by atoms with E-state index in [4.69, 9.17) is 27.9 Å². The number of nitrogens with one attached hydrogen (secondary N) is 1. The van der Waals surface area contributed by atoms with Gasteiger partial charge in [0.25, 0.3) is 0 Å². The summed E-state index contributed by atoms with van der Waals surface area (Å²) in [4.78, 5) is 25.8. The van der Waals surface area contributed by atoms with Crippen molar-refractivity contribution in [1.29, 1.82) is 0 Å². The number of carbonyl (C=O) groups is 2. The SMILES string of the molecule is COc1ccc(NC(=O)CCN(C(C)=O)c2ccc(Cl)cc2C)cc1Cl. The van der Waals surface area contributed by atoms with Gasteiger partial charge in [-0.3, -0.25) is 9.59 Å². The van der Waals surface area contributed by atoms with Crippen molar-refractivity contribution in [2.24, 2.45) is 0 Å². The van der Waals surface area contributed by atoms with E-state index in [9.17, 15) is 9.59 Å². The van der Waals surface area contributed by atoms with Crippen LogP contribution < -0.4 is 15.0 Å². The summed E-state index contributed by atoms with van der Waals surface area (Å²) in [6, 6.07) is 10.3. The maximum atomic E-state index is 12.2. The lowest BCUT2D eigenvalue weighted by molar-refractivity contribution is -0.117. The molecule has 1 N–H and O–H groups in total. The number of amides is 2. The molecule has 2 amide bonds. The number of ether oxygens (including phenoxy) is 1. The lowest BCUT2D eigenvalue weighted by atomic mass is 10.1. The summed E-state index contributed by atoms with van der Waals surface area (Å²) in [7, 11) is 1.52. The van der Waals surface area contributed by atoms with Crippen molar-refractivity contribution in [2.75, 3.05) is 23.9 Å². The third kappa shape index (κ3) is 5.13. The van der Waals surface area contributed by atoms with E-state index in [1.807, 2.05) is 6.92 Å². The van der Waals surface area contributed by atoms with Gasteiger partial charge in [-0.2, -0.15) is 0 Å². The van der Waals surface area contributed by atoms with Crippen LogP contribution in [-0.2, 0) is 9.59 Å². The fraction of sp³-hybridized carbons (Fsp3) is 0.263. The molecular formula is C19H20Cl2N2O3. The predicted molar refractivity (Wildman–Crippen MR) is 105 cm³/mol. The normalized spacial score (nSPS) is 10.3. The first-order chi connectivity index (χ1) is 12.3. The molecule has 2 rings (SSSR count). The highest BCUT2D eigenvalue weighted by Crippen LogP contribution is 2.27. The van der Waals surface area contributed by atoms with Gasteiger partial charge in [0.2, 0.25) is 11.8 Å². The maximum absolute atomic E-state index is 12.2. The van der Waals surface area contributed by atoms with Crippen LogP contribution in [0.4, 0.5) is 11.4 Å². The highest BCUT2D eigenvalue weighted by Gasteiger charge is 2.16. The minimum Gasteiger partial charge on any atom is -0.495 e. The van der Waals surface area contributed by atoms with Gasteiger partial charge in [-0.1, -0.05) is 23.2 Å². The molecule has 0 aliphatic carbocycles. The number of halogens is 2. The molecule has 0 atom stereocenters. The van der Waals surface area contributed by atoms with Crippen LogP contribution in [-0.4, -0.2) is 25.5 Å². The van der Waals surface area contributed by atoms with Crippen LogP contribution in [0.15, 0.2) is 36.4 Å². The monoisotopic (exact) mass is 394 g/mol. The Morgan fingerprint density at radius 2 is 1.88 bits per heavy atom. The van der Waals surface area contributed by atoms with E-state index in [0.29, 0.717) is 21.5 Å². The molecule has 0 aromatic heterocycles. The van der Waals surface area contributed by atoms with Gasteiger partial charge >= 0.3 is 0 Å². The van der Waals surface area contributed by atoms with E-state index < -0.39 is 0 Å². The van der Waals surface area contributed by atoms with E-state index in [2.05, 4.69) is 5.32 Å². The summed E-state index contributed by atoms with van der Waals surface area (Å²) in [5.74, 6) is 0.172. The Hall–Kier alpha value is -2.24. The standard InChI is InChI=1S/C19H20Cl2N2O3/c1-12-10-14(20)4-6-17(12)23(13(2)24)9-8-19(25)22-15-5-7-18(26-3)16(21)11-15/h4-7,10-11H,8-9H2,1-3H3,(H,22,25). The summed E-state index contributed by atoms with van der Waals surface area (Å²) in [6.07, 6.45) is 0.144. The molecule has 26 heavy (non-hydrogen) atoms. The van der Waals surface area contributed by atoms with Gasteiger partial charge in [-0.25, -0.2) is 0 Å². The molecule has 0 fully saturated rings. The number of anilines is 2. The van der Waals surface area contributed by atoms with Crippen LogP contribution >= 0.6 is 23.2 Å². The zero-order valence-electron chi connectivity index (χ0n) is 14.8. The lowest BCUT2D eigenvalue weighted by Gasteiger charge is -2.23. The molecule has 0 heterocycles. The van der Waals surface area contributed by atoms with Crippen LogP contribution in [0.2, 0.25) is 10.0 Å². The van der Waals surface area contributed by atoms with E-state index in [-0.39, 0.29) is 24.8 Å². The molecule has 0 saturated carbocycles. The average molecular weight is 395 g/mol. The minimum atomic E-state index is -0.218. The summed E-state index contributed by atoms with van der Waals surface area (Å²) < 4.78 is 5.08. The van der Waals surface area contributed by atoms with Gasteiger partial charge in [0, 0.05) is 36.3 Å². The number of aryl methyl sites for hydroxylation is 1. The molecule has 0 unspecified atom stereocenters. The molecule has 0 bridgehead atoms. The maximum Gasteiger partial charge on any atom is 0.226 e. The smallest absolute Gasteiger partial charge is 0.226 e. The van der Waals surface area contributed by atoms with Crippen molar-refractivity contribution < 1.29 is 14.3 Å². The summed E-state index contributed by atoms with van der Waals surface area (Å²) in [5.41, 5.74) is 2.18. The number of hydrogen-bond acceptors (Lipinski definition) is 3. The Bertz CT molecular complexity index is 824. The van der Waals surface area contributed by atoms with Gasteiger partial charge in [0.1, 0.15) is 5.75 Å². The number of nitrogens with zero attached hydrogens (tertiary/aromatic N) is 1. The second-order valence-corrected chi connectivity index (χ2v) is 6.59. The molecular weight excluding hydrogens is 375 g/mol. The van der Waals surface area contributed by atoms with Crippen molar-refractivity contribution in [3.05, 3.63) is 52.0 Å². The molecule has 2 aromatic carbocycles. The first-order valence-electron chi connectivity index (χ1n) is 7.99. The molecule has 7 heteroatoms. The van der Waals surface area contributed by atoms with Crippen molar-refractivity contribution >= 4 is 46.4 Å². The molecule has 0 aliphatic heterocycles. The molecule has 138 valence electrons. The lowest BCUT2D eigenvalue weighted by Crippen LogP contribution is -2.32. The van der Waals surface area contributed by atoms with Crippen molar-refractivity contribution in [1.82, 2.24) is 0 Å². The zero-order valence-corrected chi connectivity index (χ0v) is 16.3. The Morgan fingerprint density at radius 1 is 1.15 bits per heavy atom. The van der Waals surface area contributed by atoms with Crippen molar-refractivity contribution in [3.8, 4) is 5.75 Å². The molecule has 0 radical (unpaired) electrons. The predicted octanol–water partition coefficient (Wildman–Crippen LogP) is 4.69. The quantitative estimate of drug-likeness (QED) is 0.772. The number of methoxy groups -OCH3 is 1. The number of hydrogen-bond donors (Lipinski definition) is 1. The van der Waals surface area contributed by atoms with Gasteiger partial charge in [-0.15, -0.1) is 0 Å². The molecule has 5 nitrogen and oxygen atoms in total. The second kappa shape index (κ2) is 8.92. The summed E-state index contributed by atoms with van der Waals surface area (Å²) in [6.45, 7) is 3.60. The Labute approximate surface area is 162 Å². The van der Waals surface area contributed by atoms with Gasteiger partial charge < -0.3 is 15.0 Å². The van der Waals surface area contributed by atoms with Gasteiger partial charge in [-0.05, 0) is 48.9 Å².